The van der Waals surface area contributed by atoms with Crippen LogP contribution < -0.4 is 0 Å². The number of likely N-dealkylation sites (N-methyl/N-ethyl adjacent to an activating group) is 1. The molecule has 2 rings (SSSR count). The first kappa shape index (κ1) is 20.9. The summed E-state index contributed by atoms with van der Waals surface area (Å²) in [6.07, 6.45) is 1.03. The van der Waals surface area contributed by atoms with E-state index < -0.39 is 10.0 Å². The summed E-state index contributed by atoms with van der Waals surface area (Å²) in [5.41, 5.74) is 1.16. The van der Waals surface area contributed by atoms with E-state index in [4.69, 9.17) is 0 Å². The van der Waals surface area contributed by atoms with Crippen LogP contribution in [0.2, 0.25) is 0 Å². The van der Waals surface area contributed by atoms with Crippen LogP contribution >= 0.6 is 0 Å². The Hall–Kier alpha value is -1.44. The summed E-state index contributed by atoms with van der Waals surface area (Å²) in [7, 11) is -0.00822. The number of amides is 1. The van der Waals surface area contributed by atoms with E-state index in [2.05, 4.69) is 13.8 Å². The molecule has 1 aromatic rings. The molecule has 0 unspecified atom stereocenters. The summed E-state index contributed by atoms with van der Waals surface area (Å²) in [6, 6.07) is 7.01. The van der Waals surface area contributed by atoms with E-state index in [0.717, 1.165) is 12.0 Å². The molecule has 1 fully saturated rings. The lowest BCUT2D eigenvalue weighted by molar-refractivity contribution is -0.134. The van der Waals surface area contributed by atoms with E-state index in [0.29, 0.717) is 37.0 Å². The smallest absolute Gasteiger partial charge is 0.243 e. The Morgan fingerprint density at radius 3 is 2.08 bits per heavy atom. The van der Waals surface area contributed by atoms with E-state index in [1.807, 2.05) is 24.0 Å². The lowest BCUT2D eigenvalue weighted by Crippen LogP contribution is -2.54. The fraction of sp³-hybridized carbons (Fsp3) is 0.632. The van der Waals surface area contributed by atoms with E-state index in [1.165, 1.54) is 4.31 Å². The summed E-state index contributed by atoms with van der Waals surface area (Å²) >= 11 is 0. The molecular formula is C19H31N3O3S. The van der Waals surface area contributed by atoms with Crippen molar-refractivity contribution in [2.24, 2.45) is 0 Å². The van der Waals surface area contributed by atoms with Crippen LogP contribution in [0.1, 0.15) is 38.7 Å². The molecule has 6 nitrogen and oxygen atoms in total. The van der Waals surface area contributed by atoms with Crippen LogP contribution in [0.3, 0.4) is 0 Å². The second-order valence-electron chi connectivity index (χ2n) is 7.23. The van der Waals surface area contributed by atoms with Gasteiger partial charge < -0.3 is 4.90 Å². The van der Waals surface area contributed by atoms with Gasteiger partial charge in [0.1, 0.15) is 0 Å². The standard InChI is InChI=1S/C19H31N3O3S/c1-6-15(2)17-7-9-18(10-8-17)26(24,25)22-13-11-21(12-14-22)16(3)19(23)20(4)5/h7-10,15-16H,6,11-14H2,1-5H3/t15-,16-/m0/s1. The minimum atomic E-state index is -3.49. The molecule has 1 aromatic carbocycles. The van der Waals surface area contributed by atoms with Crippen molar-refractivity contribution in [3.63, 3.8) is 0 Å². The molecule has 7 heteroatoms. The molecule has 0 aliphatic carbocycles. The predicted molar refractivity (Wildman–Crippen MR) is 104 cm³/mol. The summed E-state index contributed by atoms with van der Waals surface area (Å²) in [5.74, 6) is 0.466. The lowest BCUT2D eigenvalue weighted by atomic mass is 9.99. The molecule has 26 heavy (non-hydrogen) atoms. The fourth-order valence-electron chi connectivity index (χ4n) is 3.21. The summed E-state index contributed by atoms with van der Waals surface area (Å²) < 4.78 is 27.3. The van der Waals surface area contributed by atoms with Crippen LogP contribution in [0.5, 0.6) is 0 Å². The maximum atomic E-state index is 12.9. The third-order valence-electron chi connectivity index (χ3n) is 5.32. The Labute approximate surface area is 157 Å². The number of sulfonamides is 1. The van der Waals surface area contributed by atoms with E-state index in [1.54, 1.807) is 31.1 Å². The van der Waals surface area contributed by atoms with Crippen LogP contribution in [0.15, 0.2) is 29.2 Å². The van der Waals surface area contributed by atoms with Gasteiger partial charge in [0.05, 0.1) is 10.9 Å². The number of hydrogen-bond donors (Lipinski definition) is 0. The number of nitrogens with zero attached hydrogens (tertiary/aromatic N) is 3. The van der Waals surface area contributed by atoms with Crippen molar-refractivity contribution >= 4 is 15.9 Å². The Bertz CT molecular complexity index is 708. The molecule has 1 heterocycles. The summed E-state index contributed by atoms with van der Waals surface area (Å²) in [4.78, 5) is 16.1. The highest BCUT2D eigenvalue weighted by molar-refractivity contribution is 7.89. The highest BCUT2D eigenvalue weighted by Crippen LogP contribution is 2.23. The van der Waals surface area contributed by atoms with Gasteiger partial charge in [-0.25, -0.2) is 8.42 Å². The zero-order valence-electron chi connectivity index (χ0n) is 16.5. The minimum Gasteiger partial charge on any atom is -0.347 e. The van der Waals surface area contributed by atoms with Crippen molar-refractivity contribution in [2.45, 2.75) is 44.0 Å². The number of rotatable bonds is 6. The first-order valence-electron chi connectivity index (χ1n) is 9.23. The molecule has 0 N–H and O–H groups in total. The number of carbonyl (C=O) groups excluding carboxylic acids is 1. The average Bonchev–Trinajstić information content (AvgIpc) is 2.66. The Balaban J connectivity index is 2.04. The molecule has 0 saturated carbocycles. The van der Waals surface area contributed by atoms with Crippen LogP contribution in [0.25, 0.3) is 0 Å². The molecule has 0 spiro atoms. The predicted octanol–water partition coefficient (Wildman–Crippen LogP) is 1.98. The van der Waals surface area contributed by atoms with Crippen molar-refractivity contribution in [3.8, 4) is 0 Å². The molecule has 1 aliphatic rings. The Kier molecular flexibility index (Phi) is 6.82. The van der Waals surface area contributed by atoms with Gasteiger partial charge in [0.15, 0.2) is 0 Å². The summed E-state index contributed by atoms with van der Waals surface area (Å²) in [5, 5.41) is 0. The van der Waals surface area contributed by atoms with Gasteiger partial charge in [0.25, 0.3) is 0 Å². The van der Waals surface area contributed by atoms with Crippen molar-refractivity contribution in [3.05, 3.63) is 29.8 Å². The molecule has 0 radical (unpaired) electrons. The largest absolute Gasteiger partial charge is 0.347 e. The van der Waals surface area contributed by atoms with Crippen LogP contribution in [0, 0.1) is 0 Å². The van der Waals surface area contributed by atoms with Gasteiger partial charge in [-0.1, -0.05) is 26.0 Å². The van der Waals surface area contributed by atoms with Gasteiger partial charge in [-0.2, -0.15) is 4.31 Å². The van der Waals surface area contributed by atoms with Gasteiger partial charge in [0.2, 0.25) is 15.9 Å². The van der Waals surface area contributed by atoms with Gasteiger partial charge >= 0.3 is 0 Å². The average molecular weight is 382 g/mol. The monoisotopic (exact) mass is 381 g/mol. The van der Waals surface area contributed by atoms with Crippen LogP contribution in [-0.4, -0.2) is 74.7 Å². The first-order chi connectivity index (χ1) is 12.2. The van der Waals surface area contributed by atoms with Crippen molar-refractivity contribution in [1.82, 2.24) is 14.1 Å². The molecular weight excluding hydrogens is 350 g/mol. The topological polar surface area (TPSA) is 60.9 Å². The van der Waals surface area contributed by atoms with E-state index in [9.17, 15) is 13.2 Å². The molecule has 1 amide bonds. The Morgan fingerprint density at radius 1 is 1.08 bits per heavy atom. The van der Waals surface area contributed by atoms with Crippen molar-refractivity contribution in [2.75, 3.05) is 40.3 Å². The normalized spacial score (nSPS) is 19.1. The van der Waals surface area contributed by atoms with Crippen molar-refractivity contribution < 1.29 is 13.2 Å². The maximum absolute atomic E-state index is 12.9. The van der Waals surface area contributed by atoms with Gasteiger partial charge in [-0.3, -0.25) is 9.69 Å². The van der Waals surface area contributed by atoms with Gasteiger partial charge in [-0.15, -0.1) is 0 Å². The molecule has 0 aromatic heterocycles. The van der Waals surface area contributed by atoms with Crippen LogP contribution in [-0.2, 0) is 14.8 Å². The fourth-order valence-corrected chi connectivity index (χ4v) is 4.64. The van der Waals surface area contributed by atoms with E-state index >= 15 is 0 Å². The second-order valence-corrected chi connectivity index (χ2v) is 9.16. The highest BCUT2D eigenvalue weighted by atomic mass is 32.2. The maximum Gasteiger partial charge on any atom is 0.243 e. The third-order valence-corrected chi connectivity index (χ3v) is 7.23. The zero-order chi connectivity index (χ0) is 19.5. The number of hydrogen-bond acceptors (Lipinski definition) is 4. The second kappa shape index (κ2) is 8.50. The molecule has 1 aliphatic heterocycles. The number of piperazine rings is 1. The van der Waals surface area contributed by atoms with Crippen molar-refractivity contribution in [1.29, 1.82) is 0 Å². The minimum absolute atomic E-state index is 0.0435. The Morgan fingerprint density at radius 2 is 1.62 bits per heavy atom. The molecule has 0 bridgehead atoms. The number of benzene rings is 1. The third kappa shape index (κ3) is 4.45. The number of carbonyl (C=O) groups is 1. The highest BCUT2D eigenvalue weighted by Gasteiger charge is 2.32. The SMILES string of the molecule is CC[C@H](C)c1ccc(S(=O)(=O)N2CCN([C@@H](C)C(=O)N(C)C)CC2)cc1. The van der Waals surface area contributed by atoms with E-state index in [-0.39, 0.29) is 11.9 Å². The quantitative estimate of drug-likeness (QED) is 0.756. The van der Waals surface area contributed by atoms with Gasteiger partial charge in [-0.05, 0) is 37.0 Å². The molecule has 146 valence electrons. The first-order valence-corrected chi connectivity index (χ1v) is 10.7. The molecule has 1 saturated heterocycles. The van der Waals surface area contributed by atoms with Crippen LogP contribution in [0.4, 0.5) is 0 Å². The lowest BCUT2D eigenvalue weighted by Gasteiger charge is -2.37. The molecule has 2 atom stereocenters. The summed E-state index contributed by atoms with van der Waals surface area (Å²) in [6.45, 7) is 8.06. The van der Waals surface area contributed by atoms with Gasteiger partial charge in [0, 0.05) is 40.3 Å². The zero-order valence-corrected chi connectivity index (χ0v) is 17.3.